The van der Waals surface area contributed by atoms with Crippen LogP contribution in [-0.4, -0.2) is 68.4 Å². The van der Waals surface area contributed by atoms with E-state index in [9.17, 15) is 14.6 Å². The molecule has 2 atom stereocenters. The quantitative estimate of drug-likeness (QED) is 0.0905. The number of unbranched alkanes of at least 4 members (excludes halogenated alkanes) is 13. The molecule has 2 rings (SSSR count). The molecule has 2 aromatic rings. The van der Waals surface area contributed by atoms with Gasteiger partial charge in [0.2, 0.25) is 5.95 Å². The Morgan fingerprint density at radius 1 is 0.900 bits per heavy atom. The molecule has 0 aliphatic carbocycles. The van der Waals surface area contributed by atoms with Crippen LogP contribution >= 0.6 is 7.60 Å². The Morgan fingerprint density at radius 3 is 2.10 bits per heavy atom. The highest BCUT2D eigenvalue weighted by Gasteiger charge is 2.23. The monoisotopic (exact) mass is 586 g/mol. The predicted octanol–water partition coefficient (Wildman–Crippen LogP) is 5.03. The van der Waals surface area contributed by atoms with Gasteiger partial charge in [-0.05, 0) is 6.42 Å². The van der Waals surface area contributed by atoms with Crippen molar-refractivity contribution in [1.82, 2.24) is 19.5 Å². The Labute approximate surface area is 238 Å². The zero-order valence-electron chi connectivity index (χ0n) is 24.2. The Bertz CT molecular complexity index is 994. The molecule has 12 nitrogen and oxygen atoms in total. The maximum Gasteiger partial charge on any atom is 0.353 e. The lowest BCUT2D eigenvalue weighted by molar-refractivity contribution is 0.0160. The van der Waals surface area contributed by atoms with Gasteiger partial charge < -0.3 is 40.0 Å². The van der Waals surface area contributed by atoms with E-state index >= 15 is 0 Å². The lowest BCUT2D eigenvalue weighted by Gasteiger charge is -2.19. The fourth-order valence-electron chi connectivity index (χ4n) is 4.48. The van der Waals surface area contributed by atoms with Crippen LogP contribution in [0.5, 0.6) is 0 Å². The SMILES string of the molecule is CCCCCCCCCCCCCCCCOCCOP(=O)(O)CO[C@H](CO)Cn1cnc2c(N)nc(N)nc21. The summed E-state index contributed by atoms with van der Waals surface area (Å²) in [5.74, 6) is 0.135. The summed E-state index contributed by atoms with van der Waals surface area (Å²) in [4.78, 5) is 22.2. The summed E-state index contributed by atoms with van der Waals surface area (Å²) in [6, 6.07) is 0. The van der Waals surface area contributed by atoms with Gasteiger partial charge >= 0.3 is 7.60 Å². The van der Waals surface area contributed by atoms with E-state index in [0.29, 0.717) is 17.8 Å². The third-order valence-corrected chi connectivity index (χ3v) is 7.81. The summed E-state index contributed by atoms with van der Waals surface area (Å²) in [5.41, 5.74) is 12.2. The molecule has 0 bridgehead atoms. The molecule has 0 radical (unpaired) electrons. The molecule has 13 heteroatoms. The van der Waals surface area contributed by atoms with Gasteiger partial charge in [-0.1, -0.05) is 90.4 Å². The van der Waals surface area contributed by atoms with E-state index in [1.165, 1.54) is 83.4 Å². The Morgan fingerprint density at radius 2 is 1.50 bits per heavy atom. The number of nitrogens with two attached hydrogens (primary N) is 2. The van der Waals surface area contributed by atoms with Gasteiger partial charge in [0, 0.05) is 6.61 Å². The first kappa shape index (κ1) is 34.4. The molecule has 40 heavy (non-hydrogen) atoms. The Hall–Kier alpha value is -1.82. The van der Waals surface area contributed by atoms with Crippen LogP contribution in [0.1, 0.15) is 96.8 Å². The maximum absolute atomic E-state index is 12.3. The molecular weight excluding hydrogens is 535 g/mol. The van der Waals surface area contributed by atoms with E-state index in [2.05, 4.69) is 21.9 Å². The molecule has 6 N–H and O–H groups in total. The molecule has 0 aliphatic heterocycles. The molecule has 0 aliphatic rings. The lowest BCUT2D eigenvalue weighted by Crippen LogP contribution is -2.25. The van der Waals surface area contributed by atoms with Crippen molar-refractivity contribution in [2.75, 3.05) is 44.2 Å². The highest BCUT2D eigenvalue weighted by Crippen LogP contribution is 2.41. The molecule has 2 heterocycles. The van der Waals surface area contributed by atoms with Gasteiger partial charge in [-0.25, -0.2) is 4.98 Å². The Kier molecular flexibility index (Phi) is 17.3. The summed E-state index contributed by atoms with van der Waals surface area (Å²) in [6.07, 6.45) is 18.4. The summed E-state index contributed by atoms with van der Waals surface area (Å²) in [6.45, 7) is 2.81. The number of ether oxygens (including phenoxy) is 2. The van der Waals surface area contributed by atoms with Crippen molar-refractivity contribution >= 4 is 30.5 Å². The van der Waals surface area contributed by atoms with Crippen molar-refractivity contribution in [3.8, 4) is 0 Å². The summed E-state index contributed by atoms with van der Waals surface area (Å²) >= 11 is 0. The molecule has 230 valence electrons. The fourth-order valence-corrected chi connectivity index (χ4v) is 5.31. The normalized spacial score (nSPS) is 14.1. The molecule has 0 spiro atoms. The van der Waals surface area contributed by atoms with Crippen LogP contribution in [0, 0.1) is 0 Å². The number of anilines is 2. The van der Waals surface area contributed by atoms with Gasteiger partial charge in [0.05, 0.1) is 38.8 Å². The minimum Gasteiger partial charge on any atom is -0.394 e. The van der Waals surface area contributed by atoms with Crippen LogP contribution in [0.2, 0.25) is 0 Å². The maximum atomic E-state index is 12.3. The molecule has 0 aromatic carbocycles. The third kappa shape index (κ3) is 14.2. The topological polar surface area (TPSA) is 181 Å². The van der Waals surface area contributed by atoms with E-state index in [4.69, 9.17) is 25.5 Å². The van der Waals surface area contributed by atoms with Crippen LogP contribution in [-0.2, 0) is 25.1 Å². The number of aromatic nitrogens is 4. The number of rotatable bonds is 25. The first-order valence-electron chi connectivity index (χ1n) is 14.9. The van der Waals surface area contributed by atoms with E-state index in [-0.39, 0.29) is 31.5 Å². The number of fused-ring (bicyclic) bond motifs is 1. The average Bonchev–Trinajstić information content (AvgIpc) is 3.32. The second-order valence-electron chi connectivity index (χ2n) is 10.3. The van der Waals surface area contributed by atoms with Gasteiger partial charge in [0.25, 0.3) is 0 Å². The Balaban J connectivity index is 1.46. The highest BCUT2D eigenvalue weighted by molar-refractivity contribution is 7.52. The molecule has 1 unspecified atom stereocenters. The van der Waals surface area contributed by atoms with Crippen molar-refractivity contribution in [3.05, 3.63) is 6.33 Å². The predicted molar refractivity (Wildman–Crippen MR) is 158 cm³/mol. The van der Waals surface area contributed by atoms with Gasteiger partial charge in [-0.15, -0.1) is 0 Å². The molecule has 0 amide bonds. The first-order valence-corrected chi connectivity index (χ1v) is 16.6. The van der Waals surface area contributed by atoms with E-state index in [1.54, 1.807) is 4.57 Å². The van der Waals surface area contributed by atoms with Crippen LogP contribution in [0.4, 0.5) is 11.8 Å². The van der Waals surface area contributed by atoms with E-state index < -0.39 is 26.7 Å². The van der Waals surface area contributed by atoms with Crippen molar-refractivity contribution in [1.29, 1.82) is 0 Å². The van der Waals surface area contributed by atoms with Crippen LogP contribution in [0.25, 0.3) is 11.2 Å². The zero-order chi connectivity index (χ0) is 29.1. The summed E-state index contributed by atoms with van der Waals surface area (Å²) in [7, 11) is -4.01. The largest absolute Gasteiger partial charge is 0.394 e. The summed E-state index contributed by atoms with van der Waals surface area (Å²) in [5, 5.41) is 9.67. The van der Waals surface area contributed by atoms with Crippen LogP contribution in [0.3, 0.4) is 0 Å². The van der Waals surface area contributed by atoms with E-state index in [1.807, 2.05) is 0 Å². The number of imidazole rings is 1. The van der Waals surface area contributed by atoms with E-state index in [0.717, 1.165) is 12.8 Å². The molecule has 2 aromatic heterocycles. The first-order chi connectivity index (χ1) is 19.4. The standard InChI is InChI=1S/C27H51N6O6P/c1-2-3-4-5-6-7-8-9-10-11-12-13-14-15-16-37-17-18-39-40(35,36)22-38-23(20-34)19-33-21-30-24-25(28)31-27(29)32-26(24)33/h21,23,34H,2-20,22H2,1H3,(H,35,36)(H4,28,29,31,32)/t23-/m0/s1. The van der Waals surface area contributed by atoms with Crippen LogP contribution < -0.4 is 11.5 Å². The number of aliphatic hydroxyl groups is 1. The van der Waals surface area contributed by atoms with Crippen molar-refractivity contribution in [2.45, 2.75) is 109 Å². The molecular formula is C27H51N6O6P. The van der Waals surface area contributed by atoms with Crippen molar-refractivity contribution < 1.29 is 28.6 Å². The number of nitrogen functional groups attached to an aromatic ring is 2. The fraction of sp³-hybridized carbons (Fsp3) is 0.815. The molecule has 0 saturated carbocycles. The van der Waals surface area contributed by atoms with Gasteiger partial charge in [-0.2, -0.15) is 9.97 Å². The number of hydrogen-bond acceptors (Lipinski definition) is 10. The lowest BCUT2D eigenvalue weighted by atomic mass is 10.0. The van der Waals surface area contributed by atoms with Gasteiger partial charge in [0.1, 0.15) is 11.9 Å². The smallest absolute Gasteiger partial charge is 0.353 e. The molecule has 0 saturated heterocycles. The minimum absolute atomic E-state index is 0.00644. The highest BCUT2D eigenvalue weighted by atomic mass is 31.2. The second-order valence-corrected chi connectivity index (χ2v) is 12.1. The number of aliphatic hydroxyl groups excluding tert-OH is 1. The third-order valence-electron chi connectivity index (χ3n) is 6.75. The van der Waals surface area contributed by atoms with Crippen molar-refractivity contribution in [3.63, 3.8) is 0 Å². The van der Waals surface area contributed by atoms with Gasteiger partial charge in [-0.3, -0.25) is 4.57 Å². The second kappa shape index (κ2) is 20.1. The van der Waals surface area contributed by atoms with Crippen molar-refractivity contribution in [2.24, 2.45) is 0 Å². The average molecular weight is 587 g/mol. The minimum atomic E-state index is -4.01. The molecule has 0 fully saturated rings. The van der Waals surface area contributed by atoms with Crippen LogP contribution in [0.15, 0.2) is 6.33 Å². The van der Waals surface area contributed by atoms with Gasteiger partial charge in [0.15, 0.2) is 11.5 Å². The zero-order valence-corrected chi connectivity index (χ0v) is 25.1. The number of nitrogens with zero attached hydrogens (tertiary/aromatic N) is 4. The number of hydrogen-bond donors (Lipinski definition) is 4. The summed E-state index contributed by atoms with van der Waals surface area (Å²) < 4.78 is 30.0.